The van der Waals surface area contributed by atoms with Crippen molar-refractivity contribution in [2.75, 3.05) is 32.7 Å². The Morgan fingerprint density at radius 2 is 1.91 bits per heavy atom. The Bertz CT molecular complexity index is 1440. The normalized spacial score (nSPS) is 18.7. The van der Waals surface area contributed by atoms with Crippen molar-refractivity contribution >= 4 is 11.8 Å². The summed E-state index contributed by atoms with van der Waals surface area (Å²) in [5, 5.41) is 27.6. The minimum Gasteiger partial charge on any atom is -0.339 e. The van der Waals surface area contributed by atoms with Crippen LogP contribution in [-0.4, -0.2) is 81.0 Å². The van der Waals surface area contributed by atoms with E-state index in [1.165, 1.54) is 30.9 Å². The second-order valence-electron chi connectivity index (χ2n) is 12.5. The van der Waals surface area contributed by atoms with Gasteiger partial charge in [-0.2, -0.15) is 10.5 Å². The molecule has 0 spiro atoms. The molecule has 1 unspecified atom stereocenters. The van der Waals surface area contributed by atoms with Crippen LogP contribution in [0.4, 0.5) is 4.39 Å². The molecule has 1 fully saturated rings. The number of benzene rings is 1. The van der Waals surface area contributed by atoms with E-state index in [4.69, 9.17) is 0 Å². The van der Waals surface area contributed by atoms with Crippen molar-refractivity contribution in [3.63, 3.8) is 0 Å². The topological polar surface area (TPSA) is 131 Å². The van der Waals surface area contributed by atoms with E-state index < -0.39 is 11.5 Å². The number of nitriles is 1. The molecular formula is C36H51FN8O2. The van der Waals surface area contributed by atoms with Crippen LogP contribution in [0.25, 0.3) is 0 Å². The summed E-state index contributed by atoms with van der Waals surface area (Å²) in [6.07, 6.45) is 10.5. The summed E-state index contributed by atoms with van der Waals surface area (Å²) in [4.78, 5) is 28.0. The first kappa shape index (κ1) is 37.3. The Balaban J connectivity index is 0.000000358. The van der Waals surface area contributed by atoms with Gasteiger partial charge in [-0.25, -0.2) is 4.39 Å². The number of fused-ring (bicyclic) bond motifs is 1. The van der Waals surface area contributed by atoms with Crippen molar-refractivity contribution in [2.45, 2.75) is 96.9 Å². The predicted molar refractivity (Wildman–Crippen MR) is 182 cm³/mol. The van der Waals surface area contributed by atoms with Gasteiger partial charge in [0.05, 0.1) is 18.0 Å². The van der Waals surface area contributed by atoms with Crippen LogP contribution in [0.15, 0.2) is 54.2 Å². The van der Waals surface area contributed by atoms with Crippen LogP contribution in [0.2, 0.25) is 0 Å². The number of aromatic amines is 1. The second-order valence-corrected chi connectivity index (χ2v) is 12.5. The van der Waals surface area contributed by atoms with Crippen molar-refractivity contribution in [3.8, 4) is 6.07 Å². The summed E-state index contributed by atoms with van der Waals surface area (Å²) in [6, 6.07) is 6.57. The van der Waals surface area contributed by atoms with Crippen molar-refractivity contribution in [1.29, 1.82) is 5.26 Å². The van der Waals surface area contributed by atoms with Crippen LogP contribution < -0.4 is 5.32 Å². The first-order valence-electron chi connectivity index (χ1n) is 16.8. The number of rotatable bonds is 11. The van der Waals surface area contributed by atoms with Gasteiger partial charge < -0.3 is 15.1 Å². The van der Waals surface area contributed by atoms with Crippen LogP contribution in [0, 0.1) is 17.1 Å². The molecule has 2 amide bonds. The highest BCUT2D eigenvalue weighted by Crippen LogP contribution is 2.45. The lowest BCUT2D eigenvalue weighted by Gasteiger charge is -2.34. The molecule has 2 aromatic rings. The van der Waals surface area contributed by atoms with E-state index in [1.54, 1.807) is 24.0 Å². The average Bonchev–Trinajstić information content (AvgIpc) is 3.58. The lowest BCUT2D eigenvalue weighted by molar-refractivity contribution is -0.131. The molecule has 10 nitrogen and oxygen atoms in total. The van der Waals surface area contributed by atoms with Gasteiger partial charge in [-0.05, 0) is 89.1 Å². The van der Waals surface area contributed by atoms with Gasteiger partial charge in [0.1, 0.15) is 11.9 Å². The molecule has 1 saturated heterocycles. The van der Waals surface area contributed by atoms with Gasteiger partial charge >= 0.3 is 0 Å². The fourth-order valence-corrected chi connectivity index (χ4v) is 6.48. The highest BCUT2D eigenvalue weighted by atomic mass is 19.1. The standard InChI is InChI=1S/C24H32FN7O.C12H19NO/c1-5-12-32(17(3)14-26)22(33)15-27-11-10-24(23-28-30-31-29-23)18(4)16(2)6-7-19-13-20(25)8-9-21(19)24;1-3-11(2)12(14)13-9-7-5-4-6-8-10-13/h8-9,13,17,27H,5-7,10-12,15H2,1-4H3,(H,28,29,30,31);3H,1-2,4-10H2/t17-,24?;/m0./s1. The summed E-state index contributed by atoms with van der Waals surface area (Å²) < 4.78 is 14.1. The minimum absolute atomic E-state index is 0.0573. The fraction of sp³-hybridized carbons (Fsp3) is 0.556. The zero-order valence-electron chi connectivity index (χ0n) is 28.6. The molecule has 0 saturated carbocycles. The zero-order valence-corrected chi connectivity index (χ0v) is 28.6. The number of carbonyl (C=O) groups is 2. The Hall–Kier alpha value is -4.17. The number of aromatic nitrogens is 4. The number of carbonyl (C=O) groups excluding carboxylic acids is 2. The number of likely N-dealkylation sites (tertiary alicyclic amines) is 1. The van der Waals surface area contributed by atoms with Crippen LogP contribution in [0.3, 0.4) is 0 Å². The number of halogens is 1. The molecule has 1 aliphatic heterocycles. The van der Waals surface area contributed by atoms with E-state index in [9.17, 15) is 19.2 Å². The summed E-state index contributed by atoms with van der Waals surface area (Å²) in [5.41, 5.74) is 4.07. The van der Waals surface area contributed by atoms with Crippen molar-refractivity contribution < 1.29 is 14.0 Å². The maximum atomic E-state index is 14.1. The summed E-state index contributed by atoms with van der Waals surface area (Å²) in [6.45, 7) is 18.1. The first-order chi connectivity index (χ1) is 22.6. The number of H-pyrrole nitrogens is 1. The fourth-order valence-electron chi connectivity index (χ4n) is 6.48. The molecule has 47 heavy (non-hydrogen) atoms. The Morgan fingerprint density at radius 1 is 1.21 bits per heavy atom. The Labute approximate surface area is 279 Å². The number of allylic oxidation sites excluding steroid dienone is 2. The number of aryl methyl sites for hydroxylation is 1. The zero-order chi connectivity index (χ0) is 34.4. The molecule has 11 heteroatoms. The molecule has 2 aliphatic rings. The molecule has 1 aromatic heterocycles. The largest absolute Gasteiger partial charge is 0.339 e. The number of nitrogens with one attached hydrogen (secondary N) is 2. The van der Waals surface area contributed by atoms with Crippen molar-refractivity contribution in [3.05, 3.63) is 76.9 Å². The van der Waals surface area contributed by atoms with E-state index in [-0.39, 0.29) is 24.2 Å². The molecule has 0 bridgehead atoms. The van der Waals surface area contributed by atoms with Gasteiger partial charge in [-0.3, -0.25) is 9.59 Å². The van der Waals surface area contributed by atoms with Crippen LogP contribution in [-0.2, 0) is 21.4 Å². The van der Waals surface area contributed by atoms with E-state index in [0.717, 1.165) is 61.9 Å². The number of hydrogen-bond donors (Lipinski definition) is 2. The maximum Gasteiger partial charge on any atom is 0.253 e. The minimum atomic E-state index is -0.685. The van der Waals surface area contributed by atoms with Crippen LogP contribution in [0.1, 0.15) is 96.0 Å². The Morgan fingerprint density at radius 3 is 2.53 bits per heavy atom. The van der Waals surface area contributed by atoms with Gasteiger partial charge in [-0.15, -0.1) is 10.2 Å². The summed E-state index contributed by atoms with van der Waals surface area (Å²) in [7, 11) is 0. The van der Waals surface area contributed by atoms with Gasteiger partial charge in [0.25, 0.3) is 5.91 Å². The SMILES string of the molecule is C=CC(=C)C(=O)N1CCCCCCC1.CCCN(C(=O)CNCCC1(c2nn[nH]n2)C(C)=C(C)CCc2cc(F)ccc21)[C@@H](C)C#N. The van der Waals surface area contributed by atoms with Crippen LogP contribution >= 0.6 is 0 Å². The third-order valence-corrected chi connectivity index (χ3v) is 9.36. The van der Waals surface area contributed by atoms with Crippen LogP contribution in [0.5, 0.6) is 0 Å². The molecule has 2 N–H and O–H groups in total. The number of nitrogens with zero attached hydrogens (tertiary/aromatic N) is 6. The summed E-state index contributed by atoms with van der Waals surface area (Å²) >= 11 is 0. The molecular weight excluding hydrogens is 595 g/mol. The van der Waals surface area contributed by atoms with Gasteiger partial charge in [0.2, 0.25) is 5.91 Å². The quantitative estimate of drug-likeness (QED) is 0.142. The van der Waals surface area contributed by atoms with E-state index in [0.29, 0.717) is 30.9 Å². The highest BCUT2D eigenvalue weighted by molar-refractivity contribution is 5.95. The van der Waals surface area contributed by atoms with E-state index in [1.807, 2.05) is 17.9 Å². The van der Waals surface area contributed by atoms with Gasteiger partial charge in [0, 0.05) is 25.2 Å². The molecule has 4 rings (SSSR count). The lowest BCUT2D eigenvalue weighted by atomic mass is 9.69. The second kappa shape index (κ2) is 18.2. The number of hydrogen-bond acceptors (Lipinski definition) is 7. The Kier molecular flexibility index (Phi) is 14.5. The molecule has 0 radical (unpaired) electrons. The van der Waals surface area contributed by atoms with Gasteiger partial charge in [0.15, 0.2) is 5.82 Å². The average molecular weight is 647 g/mol. The predicted octanol–water partition coefficient (Wildman–Crippen LogP) is 5.56. The number of tetrazole rings is 1. The molecule has 254 valence electrons. The highest BCUT2D eigenvalue weighted by Gasteiger charge is 2.43. The van der Waals surface area contributed by atoms with Crippen molar-refractivity contribution in [1.82, 2.24) is 35.7 Å². The monoisotopic (exact) mass is 646 g/mol. The molecule has 2 heterocycles. The van der Waals surface area contributed by atoms with Crippen molar-refractivity contribution in [2.24, 2.45) is 0 Å². The smallest absolute Gasteiger partial charge is 0.253 e. The molecule has 1 aromatic carbocycles. The maximum absolute atomic E-state index is 14.1. The third kappa shape index (κ3) is 9.44. The third-order valence-electron chi connectivity index (χ3n) is 9.36. The first-order valence-corrected chi connectivity index (χ1v) is 16.8. The molecule has 1 aliphatic carbocycles. The van der Waals surface area contributed by atoms with Gasteiger partial charge in [-0.1, -0.05) is 67.8 Å². The lowest BCUT2D eigenvalue weighted by Crippen LogP contribution is -2.44. The number of amides is 2. The van der Waals surface area contributed by atoms with E-state index in [2.05, 4.69) is 59.0 Å². The molecule has 2 atom stereocenters. The summed E-state index contributed by atoms with van der Waals surface area (Å²) in [5.74, 6) is 0.223. The van der Waals surface area contributed by atoms with E-state index >= 15 is 0 Å².